The zero-order valence-electron chi connectivity index (χ0n) is 23.7. The predicted octanol–water partition coefficient (Wildman–Crippen LogP) is 7.65. The Labute approximate surface area is 204 Å². The predicted molar refractivity (Wildman–Crippen MR) is 147 cm³/mol. The van der Waals surface area contributed by atoms with E-state index in [1.54, 1.807) is 0 Å². The minimum atomic E-state index is 0.168. The molecule has 0 aliphatic rings. The molecule has 0 aliphatic heterocycles. The van der Waals surface area contributed by atoms with E-state index in [2.05, 4.69) is 114 Å². The molecule has 0 bridgehead atoms. The Bertz CT molecular complexity index is 1080. The highest BCUT2D eigenvalue weighted by molar-refractivity contribution is 5.65. The number of aromatic nitrogens is 2. The van der Waals surface area contributed by atoms with Gasteiger partial charge >= 0.3 is 0 Å². The van der Waals surface area contributed by atoms with Crippen molar-refractivity contribution in [1.29, 1.82) is 0 Å². The molecule has 0 saturated carbocycles. The SMILES string of the molecule is CCCc1cnc(=C(C)\C(C)=C\C=C(/C)C(C)(C)C)/c(=C(C)/C(C)=C/C=C(\C)C(C)(C)C)n1. The summed E-state index contributed by atoms with van der Waals surface area (Å²) < 4.78 is 0. The van der Waals surface area contributed by atoms with Crippen LogP contribution in [-0.2, 0) is 6.42 Å². The Hall–Kier alpha value is -2.22. The van der Waals surface area contributed by atoms with E-state index in [0.29, 0.717) is 0 Å². The van der Waals surface area contributed by atoms with Crippen LogP contribution in [0.3, 0.4) is 0 Å². The van der Waals surface area contributed by atoms with Crippen LogP contribution < -0.4 is 10.7 Å². The Morgan fingerprint density at radius 3 is 1.52 bits per heavy atom. The fourth-order valence-electron chi connectivity index (χ4n) is 2.96. The van der Waals surface area contributed by atoms with Crippen LogP contribution in [0.15, 0.2) is 52.8 Å². The van der Waals surface area contributed by atoms with Gasteiger partial charge < -0.3 is 0 Å². The van der Waals surface area contributed by atoms with Crippen LogP contribution in [0.4, 0.5) is 0 Å². The molecule has 0 fully saturated rings. The van der Waals surface area contributed by atoms with Gasteiger partial charge in [-0.05, 0) is 81.1 Å². The average Bonchev–Trinajstić information content (AvgIpc) is 2.72. The molecule has 2 heteroatoms. The van der Waals surface area contributed by atoms with Crippen LogP contribution in [0.5, 0.6) is 0 Å². The lowest BCUT2D eigenvalue weighted by Gasteiger charge is -2.19. The van der Waals surface area contributed by atoms with E-state index in [0.717, 1.165) is 29.2 Å². The van der Waals surface area contributed by atoms with Gasteiger partial charge in [0.2, 0.25) is 0 Å². The van der Waals surface area contributed by atoms with Crippen molar-refractivity contribution in [2.24, 2.45) is 10.8 Å². The number of rotatable bonds is 6. The summed E-state index contributed by atoms with van der Waals surface area (Å²) in [6.07, 6.45) is 12.9. The quantitative estimate of drug-likeness (QED) is 0.418. The molecule has 33 heavy (non-hydrogen) atoms. The molecule has 0 radical (unpaired) electrons. The van der Waals surface area contributed by atoms with Crippen molar-refractivity contribution in [3.8, 4) is 0 Å². The summed E-state index contributed by atoms with van der Waals surface area (Å²) in [4.78, 5) is 9.98. The molecular weight excluding hydrogens is 400 g/mol. The average molecular weight is 449 g/mol. The highest BCUT2D eigenvalue weighted by Crippen LogP contribution is 2.25. The first-order chi connectivity index (χ1) is 15.1. The van der Waals surface area contributed by atoms with E-state index in [4.69, 9.17) is 9.97 Å². The molecule has 0 aromatic carbocycles. The molecule has 0 spiro atoms. The van der Waals surface area contributed by atoms with E-state index in [9.17, 15) is 0 Å². The first-order valence-corrected chi connectivity index (χ1v) is 12.3. The van der Waals surface area contributed by atoms with Crippen LogP contribution in [0.1, 0.15) is 102 Å². The molecule has 2 nitrogen and oxygen atoms in total. The minimum Gasteiger partial charge on any atom is -0.252 e. The van der Waals surface area contributed by atoms with Crippen LogP contribution in [0, 0.1) is 10.8 Å². The van der Waals surface area contributed by atoms with Gasteiger partial charge in [0.05, 0.1) is 16.4 Å². The van der Waals surface area contributed by atoms with Crippen molar-refractivity contribution < 1.29 is 0 Å². The van der Waals surface area contributed by atoms with Gasteiger partial charge in [0.15, 0.2) is 0 Å². The third kappa shape index (κ3) is 8.57. The first-order valence-electron chi connectivity index (χ1n) is 12.3. The Morgan fingerprint density at radius 2 is 1.12 bits per heavy atom. The van der Waals surface area contributed by atoms with E-state index < -0.39 is 0 Å². The summed E-state index contributed by atoms with van der Waals surface area (Å²) in [5.74, 6) is 0. The number of allylic oxidation sites excluding steroid dienone is 8. The summed E-state index contributed by atoms with van der Waals surface area (Å²) in [5, 5.41) is 1.98. The Kier molecular flexibility index (Phi) is 10.3. The largest absolute Gasteiger partial charge is 0.252 e. The second kappa shape index (κ2) is 11.8. The van der Waals surface area contributed by atoms with E-state index >= 15 is 0 Å². The van der Waals surface area contributed by atoms with Crippen molar-refractivity contribution >= 4 is 11.1 Å². The fraction of sp³-hybridized carbons (Fsp3) is 0.548. The summed E-state index contributed by atoms with van der Waals surface area (Å²) >= 11 is 0. The number of aryl methyl sites for hydroxylation is 1. The highest BCUT2D eigenvalue weighted by Gasteiger charge is 2.12. The third-order valence-corrected chi connectivity index (χ3v) is 6.75. The van der Waals surface area contributed by atoms with Crippen LogP contribution in [0.25, 0.3) is 11.1 Å². The zero-order chi connectivity index (χ0) is 25.6. The lowest BCUT2D eigenvalue weighted by atomic mass is 9.87. The molecule has 0 amide bonds. The number of hydrogen-bond acceptors (Lipinski definition) is 2. The van der Waals surface area contributed by atoms with E-state index in [1.165, 1.54) is 33.4 Å². The summed E-state index contributed by atoms with van der Waals surface area (Å²) in [7, 11) is 0. The Balaban J connectivity index is 3.81. The van der Waals surface area contributed by atoms with Crippen molar-refractivity contribution in [3.63, 3.8) is 0 Å². The molecule has 0 aliphatic carbocycles. The molecule has 0 unspecified atom stereocenters. The summed E-state index contributed by atoms with van der Waals surface area (Å²) in [6, 6.07) is 0. The fourth-order valence-corrected chi connectivity index (χ4v) is 2.96. The van der Waals surface area contributed by atoms with E-state index in [-0.39, 0.29) is 10.8 Å². The van der Waals surface area contributed by atoms with Gasteiger partial charge in [-0.3, -0.25) is 4.98 Å². The maximum absolute atomic E-state index is 5.07. The maximum atomic E-state index is 5.07. The van der Waals surface area contributed by atoms with Crippen molar-refractivity contribution in [3.05, 3.63) is 69.2 Å². The minimum absolute atomic E-state index is 0.168. The summed E-state index contributed by atoms with van der Waals surface area (Å²) in [5.41, 5.74) is 8.92. The molecule has 1 rings (SSSR count). The van der Waals surface area contributed by atoms with Gasteiger partial charge in [0.25, 0.3) is 0 Å². The standard InChI is InChI=1S/C31H48N2/c1-14-15-27-20-32-28(25(6)21(2)16-18-23(4)30(8,9)10)29(33-27)26(7)22(3)17-19-24(5)31(11,12)13/h16-20H,14-15H2,1-13H3/b21-16+,22-17+,23-18+,24-19+,28-25-,29-26-. The second-order valence-electron chi connectivity index (χ2n) is 11.5. The summed E-state index contributed by atoms with van der Waals surface area (Å²) in [6.45, 7) is 28.8. The van der Waals surface area contributed by atoms with Gasteiger partial charge in [-0.25, -0.2) is 4.98 Å². The molecule has 1 aromatic heterocycles. The lowest BCUT2D eigenvalue weighted by molar-refractivity contribution is 0.504. The van der Waals surface area contributed by atoms with Gasteiger partial charge in [-0.2, -0.15) is 0 Å². The van der Waals surface area contributed by atoms with Gasteiger partial charge in [-0.15, -0.1) is 0 Å². The van der Waals surface area contributed by atoms with Crippen LogP contribution in [0.2, 0.25) is 0 Å². The highest BCUT2D eigenvalue weighted by atomic mass is 14.8. The van der Waals surface area contributed by atoms with Crippen LogP contribution >= 0.6 is 0 Å². The monoisotopic (exact) mass is 448 g/mol. The van der Waals surface area contributed by atoms with E-state index in [1.807, 2.05) is 6.20 Å². The van der Waals surface area contributed by atoms with Gasteiger partial charge in [0.1, 0.15) is 0 Å². The normalized spacial score (nSPS) is 16.8. The zero-order valence-corrected chi connectivity index (χ0v) is 23.7. The molecule has 1 heterocycles. The smallest absolute Gasteiger partial charge is 0.0924 e. The molecule has 0 atom stereocenters. The molecular formula is C31H48N2. The van der Waals surface area contributed by atoms with Gasteiger partial charge in [-0.1, -0.05) is 90.3 Å². The number of hydrogen-bond donors (Lipinski definition) is 0. The van der Waals surface area contributed by atoms with Crippen molar-refractivity contribution in [2.45, 2.75) is 103 Å². The second-order valence-corrected chi connectivity index (χ2v) is 11.5. The Morgan fingerprint density at radius 1 is 0.697 bits per heavy atom. The molecule has 0 N–H and O–H groups in total. The number of nitrogens with zero attached hydrogens (tertiary/aromatic N) is 2. The molecule has 0 saturated heterocycles. The topological polar surface area (TPSA) is 25.8 Å². The maximum Gasteiger partial charge on any atom is 0.0924 e. The first kappa shape index (κ1) is 28.8. The third-order valence-electron chi connectivity index (χ3n) is 6.75. The lowest BCUT2D eigenvalue weighted by Crippen LogP contribution is -2.36. The van der Waals surface area contributed by atoms with Gasteiger partial charge in [0, 0.05) is 6.20 Å². The molecule has 1 aromatic rings. The van der Waals surface area contributed by atoms with Crippen molar-refractivity contribution in [1.82, 2.24) is 9.97 Å². The van der Waals surface area contributed by atoms with Crippen molar-refractivity contribution in [2.75, 3.05) is 0 Å². The molecule has 182 valence electrons. The van der Waals surface area contributed by atoms with Crippen LogP contribution in [-0.4, -0.2) is 9.97 Å².